The van der Waals surface area contributed by atoms with Crippen LogP contribution in [-0.4, -0.2) is 36.3 Å². The van der Waals surface area contributed by atoms with E-state index >= 15 is 0 Å². The number of ketones is 1. The highest BCUT2D eigenvalue weighted by Crippen LogP contribution is 2.07. The first kappa shape index (κ1) is 19.4. The number of nitrogens with one attached hydrogen (secondary N) is 2. The van der Waals surface area contributed by atoms with Gasteiger partial charge in [-0.2, -0.15) is 0 Å². The molecule has 0 bridgehead atoms. The van der Waals surface area contributed by atoms with Gasteiger partial charge in [0.25, 0.3) is 0 Å². The van der Waals surface area contributed by atoms with Gasteiger partial charge in [0.05, 0.1) is 12.1 Å². The second kappa shape index (κ2) is 9.33. The zero-order chi connectivity index (χ0) is 16.6. The van der Waals surface area contributed by atoms with E-state index in [-0.39, 0.29) is 23.5 Å². The van der Waals surface area contributed by atoms with Gasteiger partial charge >= 0.3 is 6.03 Å². The highest BCUT2D eigenvalue weighted by Gasteiger charge is 2.26. The molecule has 0 aliphatic heterocycles. The molecule has 0 aromatic carbocycles. The molecule has 0 heterocycles. The van der Waals surface area contributed by atoms with Crippen LogP contribution in [-0.2, 0) is 9.59 Å². The molecule has 0 aliphatic rings. The molecule has 0 saturated heterocycles. The van der Waals surface area contributed by atoms with Gasteiger partial charge in [-0.1, -0.05) is 27.7 Å². The van der Waals surface area contributed by atoms with Crippen LogP contribution in [0.15, 0.2) is 0 Å². The summed E-state index contributed by atoms with van der Waals surface area (Å²) in [6, 6.07) is -1.83. The van der Waals surface area contributed by atoms with E-state index in [2.05, 4.69) is 10.6 Å². The van der Waals surface area contributed by atoms with Crippen LogP contribution < -0.4 is 22.1 Å². The van der Waals surface area contributed by atoms with Crippen LogP contribution in [0.25, 0.3) is 0 Å². The summed E-state index contributed by atoms with van der Waals surface area (Å²) in [5.74, 6) is -0.559. The molecule has 7 heteroatoms. The zero-order valence-corrected chi connectivity index (χ0v) is 13.3. The number of carbonyl (C=O) groups excluding carboxylic acids is 3. The van der Waals surface area contributed by atoms with E-state index in [9.17, 15) is 14.4 Å². The van der Waals surface area contributed by atoms with Gasteiger partial charge < -0.3 is 22.1 Å². The topological polar surface area (TPSA) is 127 Å². The number of nitrogens with two attached hydrogens (primary N) is 2. The number of urea groups is 1. The molecular formula is C14H28N4O3. The molecule has 6 N–H and O–H groups in total. The van der Waals surface area contributed by atoms with E-state index < -0.39 is 18.1 Å². The molecule has 0 aromatic rings. The predicted molar refractivity (Wildman–Crippen MR) is 81.4 cm³/mol. The van der Waals surface area contributed by atoms with E-state index in [0.717, 1.165) is 0 Å². The molecule has 2 unspecified atom stereocenters. The summed E-state index contributed by atoms with van der Waals surface area (Å²) in [6.45, 7) is 7.63. The smallest absolute Gasteiger partial charge is 0.312 e. The largest absolute Gasteiger partial charge is 0.352 e. The van der Waals surface area contributed by atoms with Crippen molar-refractivity contribution >= 4 is 17.7 Å². The molecule has 2 atom stereocenters. The highest BCUT2D eigenvalue weighted by molar-refractivity contribution is 5.91. The number of carbonyl (C=O) groups is 3. The summed E-state index contributed by atoms with van der Waals surface area (Å²) in [6.07, 6.45) is 0.983. The molecule has 0 fully saturated rings. The Morgan fingerprint density at radius 1 is 1.10 bits per heavy atom. The minimum Gasteiger partial charge on any atom is -0.352 e. The number of amides is 3. The molecule has 3 amide bonds. The summed E-state index contributed by atoms with van der Waals surface area (Å²) in [5.41, 5.74) is 10.8. The number of primary amides is 1. The Morgan fingerprint density at radius 3 is 2.10 bits per heavy atom. The van der Waals surface area contributed by atoms with Crippen molar-refractivity contribution in [3.63, 3.8) is 0 Å². The van der Waals surface area contributed by atoms with E-state index in [1.165, 1.54) is 0 Å². The molecule has 0 aliphatic carbocycles. The first-order valence-electron chi connectivity index (χ1n) is 7.29. The maximum Gasteiger partial charge on any atom is 0.312 e. The van der Waals surface area contributed by atoms with Crippen LogP contribution in [0.4, 0.5) is 4.79 Å². The Kier molecular flexibility index (Phi) is 8.61. The summed E-state index contributed by atoms with van der Waals surface area (Å²) in [4.78, 5) is 34.7. The van der Waals surface area contributed by atoms with Crippen LogP contribution in [0.3, 0.4) is 0 Å². The normalized spacial score (nSPS) is 13.9. The molecule has 0 rings (SSSR count). The van der Waals surface area contributed by atoms with Gasteiger partial charge in [-0.3, -0.25) is 9.59 Å². The summed E-state index contributed by atoms with van der Waals surface area (Å²) >= 11 is 0. The number of rotatable bonds is 9. The van der Waals surface area contributed by atoms with E-state index in [0.29, 0.717) is 19.4 Å². The Bertz CT molecular complexity index is 369. The molecule has 122 valence electrons. The van der Waals surface area contributed by atoms with Gasteiger partial charge in [0.15, 0.2) is 5.78 Å². The molecule has 0 saturated carbocycles. The van der Waals surface area contributed by atoms with Gasteiger partial charge in [-0.25, -0.2) is 4.79 Å². The van der Waals surface area contributed by atoms with Crippen molar-refractivity contribution in [1.29, 1.82) is 0 Å². The molecule has 21 heavy (non-hydrogen) atoms. The monoisotopic (exact) mass is 300 g/mol. The SMILES string of the molecule is CC(C)C(=O)C(CCCNC(N)=O)NC(=O)C(N)C(C)C. The fourth-order valence-electron chi connectivity index (χ4n) is 1.78. The molecule has 0 radical (unpaired) electrons. The summed E-state index contributed by atoms with van der Waals surface area (Å²) in [7, 11) is 0. The van der Waals surface area contributed by atoms with Gasteiger partial charge in [-0.15, -0.1) is 0 Å². The van der Waals surface area contributed by atoms with Gasteiger partial charge in [0.2, 0.25) is 5.91 Å². The lowest BCUT2D eigenvalue weighted by molar-refractivity contribution is -0.130. The molecule has 0 aromatic heterocycles. The lowest BCUT2D eigenvalue weighted by atomic mass is 9.96. The fraction of sp³-hybridized carbons (Fsp3) is 0.786. The second-order valence-electron chi connectivity index (χ2n) is 5.82. The van der Waals surface area contributed by atoms with Crippen LogP contribution in [0.5, 0.6) is 0 Å². The zero-order valence-electron chi connectivity index (χ0n) is 13.3. The Hall–Kier alpha value is -1.63. The highest BCUT2D eigenvalue weighted by atomic mass is 16.2. The molecule has 7 nitrogen and oxygen atoms in total. The lowest BCUT2D eigenvalue weighted by Gasteiger charge is -2.23. The second-order valence-corrected chi connectivity index (χ2v) is 5.82. The van der Waals surface area contributed by atoms with Crippen molar-refractivity contribution in [2.75, 3.05) is 6.54 Å². The van der Waals surface area contributed by atoms with Gasteiger partial charge in [-0.05, 0) is 18.8 Å². The predicted octanol–water partition coefficient (Wildman–Crippen LogP) is 0.128. The van der Waals surface area contributed by atoms with E-state index in [1.807, 2.05) is 13.8 Å². The molecule has 0 spiro atoms. The summed E-state index contributed by atoms with van der Waals surface area (Å²) < 4.78 is 0. The fourth-order valence-corrected chi connectivity index (χ4v) is 1.78. The van der Waals surface area contributed by atoms with Crippen molar-refractivity contribution < 1.29 is 14.4 Å². The van der Waals surface area contributed by atoms with Crippen molar-refractivity contribution in [2.45, 2.75) is 52.6 Å². The Morgan fingerprint density at radius 2 is 1.67 bits per heavy atom. The number of hydrogen-bond donors (Lipinski definition) is 4. The van der Waals surface area contributed by atoms with Crippen LogP contribution >= 0.6 is 0 Å². The average Bonchev–Trinajstić information content (AvgIpc) is 2.39. The van der Waals surface area contributed by atoms with Crippen molar-refractivity contribution in [1.82, 2.24) is 10.6 Å². The van der Waals surface area contributed by atoms with Gasteiger partial charge in [0, 0.05) is 12.5 Å². The Labute approximate surface area is 126 Å². The average molecular weight is 300 g/mol. The van der Waals surface area contributed by atoms with Crippen LogP contribution in [0.2, 0.25) is 0 Å². The minimum atomic E-state index is -0.642. The molecular weight excluding hydrogens is 272 g/mol. The van der Waals surface area contributed by atoms with E-state index in [4.69, 9.17) is 11.5 Å². The first-order chi connectivity index (χ1) is 9.66. The van der Waals surface area contributed by atoms with Gasteiger partial charge in [0.1, 0.15) is 0 Å². The van der Waals surface area contributed by atoms with Crippen molar-refractivity contribution in [3.8, 4) is 0 Å². The third-order valence-electron chi connectivity index (χ3n) is 3.22. The van der Waals surface area contributed by atoms with Crippen LogP contribution in [0.1, 0.15) is 40.5 Å². The Balaban J connectivity index is 4.57. The maximum atomic E-state index is 12.1. The van der Waals surface area contributed by atoms with Crippen molar-refractivity contribution in [3.05, 3.63) is 0 Å². The maximum absolute atomic E-state index is 12.1. The lowest BCUT2D eigenvalue weighted by Crippen LogP contribution is -2.51. The van der Waals surface area contributed by atoms with Crippen molar-refractivity contribution in [2.24, 2.45) is 23.3 Å². The number of hydrogen-bond acceptors (Lipinski definition) is 4. The van der Waals surface area contributed by atoms with E-state index in [1.54, 1.807) is 13.8 Å². The number of Topliss-reactive ketones (excluding diaryl/α,β-unsaturated/α-hetero) is 1. The van der Waals surface area contributed by atoms with Crippen LogP contribution in [0, 0.1) is 11.8 Å². The summed E-state index contributed by atoms with van der Waals surface area (Å²) in [5, 5.41) is 5.16. The standard InChI is InChI=1S/C14H28N4O3/c1-8(2)11(15)13(20)18-10(12(19)9(3)4)6-5-7-17-14(16)21/h8-11H,5-7,15H2,1-4H3,(H,18,20)(H3,16,17,21). The first-order valence-corrected chi connectivity index (χ1v) is 7.29. The third-order valence-corrected chi connectivity index (χ3v) is 3.22. The third kappa shape index (κ3) is 7.65. The quantitative estimate of drug-likeness (QED) is 0.451. The minimum absolute atomic E-state index is 0.00340.